The molecule has 0 atom stereocenters. The van der Waals surface area contributed by atoms with Crippen molar-refractivity contribution in [2.24, 2.45) is 0 Å². The summed E-state index contributed by atoms with van der Waals surface area (Å²) in [4.78, 5) is 19.7. The molecule has 2 aromatic heterocycles. The van der Waals surface area contributed by atoms with Crippen molar-refractivity contribution < 1.29 is 9.53 Å². The van der Waals surface area contributed by atoms with E-state index in [0.29, 0.717) is 11.6 Å². The Morgan fingerprint density at radius 3 is 3.00 bits per heavy atom. The summed E-state index contributed by atoms with van der Waals surface area (Å²) in [5.74, 6) is -0.426. The Morgan fingerprint density at radius 1 is 1.43 bits per heavy atom. The number of hydrogen-bond donors (Lipinski definition) is 0. The van der Waals surface area contributed by atoms with E-state index in [1.807, 2.05) is 30.3 Å². The van der Waals surface area contributed by atoms with Crippen molar-refractivity contribution in [1.82, 2.24) is 14.5 Å². The quantitative estimate of drug-likeness (QED) is 0.691. The third-order valence-electron chi connectivity index (χ3n) is 3.34. The lowest BCUT2D eigenvalue weighted by Crippen LogP contribution is -2.02. The van der Waals surface area contributed by atoms with Gasteiger partial charge in [0.25, 0.3) is 0 Å². The molecule has 3 aromatic rings. The van der Waals surface area contributed by atoms with Gasteiger partial charge in [0.15, 0.2) is 5.69 Å². The molecule has 114 valence electrons. The number of esters is 1. The molecule has 2 heterocycles. The van der Waals surface area contributed by atoms with Gasteiger partial charge in [-0.15, -0.1) is 0 Å². The van der Waals surface area contributed by atoms with Crippen molar-refractivity contribution in [1.29, 1.82) is 5.26 Å². The first-order valence-corrected chi connectivity index (χ1v) is 7.08. The number of benzene rings is 1. The van der Waals surface area contributed by atoms with Crippen LogP contribution < -0.4 is 0 Å². The van der Waals surface area contributed by atoms with Crippen molar-refractivity contribution in [2.45, 2.75) is 6.54 Å². The molecule has 0 radical (unpaired) electrons. The number of fused-ring (bicyclic) bond motifs is 1. The van der Waals surface area contributed by atoms with Crippen LogP contribution in [0.5, 0.6) is 0 Å². The smallest absolute Gasteiger partial charge is 0.358 e. The molecule has 6 nitrogen and oxygen atoms in total. The fourth-order valence-corrected chi connectivity index (χ4v) is 2.44. The maximum Gasteiger partial charge on any atom is 0.358 e. The molecule has 0 bridgehead atoms. The van der Waals surface area contributed by atoms with Crippen LogP contribution in [0.15, 0.2) is 36.7 Å². The van der Waals surface area contributed by atoms with Crippen LogP contribution in [0.25, 0.3) is 10.9 Å². The average molecular weight is 327 g/mol. The van der Waals surface area contributed by atoms with Crippen molar-refractivity contribution in [3.8, 4) is 6.07 Å². The second-order valence-electron chi connectivity index (χ2n) is 4.86. The van der Waals surface area contributed by atoms with Crippen LogP contribution in [0.4, 0.5) is 0 Å². The van der Waals surface area contributed by atoms with E-state index in [9.17, 15) is 4.79 Å². The van der Waals surface area contributed by atoms with E-state index in [1.54, 1.807) is 10.8 Å². The summed E-state index contributed by atoms with van der Waals surface area (Å²) >= 11 is 5.96. The zero-order valence-corrected chi connectivity index (χ0v) is 12.9. The van der Waals surface area contributed by atoms with Gasteiger partial charge in [-0.1, -0.05) is 17.7 Å². The van der Waals surface area contributed by atoms with Crippen LogP contribution >= 0.6 is 11.6 Å². The molecular weight excluding hydrogens is 316 g/mol. The summed E-state index contributed by atoms with van der Waals surface area (Å²) in [6, 6.07) is 9.52. The van der Waals surface area contributed by atoms with E-state index in [2.05, 4.69) is 14.7 Å². The number of nitriles is 1. The summed E-state index contributed by atoms with van der Waals surface area (Å²) in [5.41, 5.74) is 1.88. The summed E-state index contributed by atoms with van der Waals surface area (Å²) < 4.78 is 6.23. The Bertz CT molecular complexity index is 943. The molecule has 0 amide bonds. The summed E-state index contributed by atoms with van der Waals surface area (Å²) in [6.07, 6.45) is 3.10. The van der Waals surface area contributed by atoms with Crippen molar-refractivity contribution in [2.75, 3.05) is 7.11 Å². The number of nitrogens with zero attached hydrogens (tertiary/aromatic N) is 4. The number of hydrogen-bond acceptors (Lipinski definition) is 5. The van der Waals surface area contributed by atoms with Crippen LogP contribution in [-0.2, 0) is 11.3 Å². The average Bonchev–Trinajstić information content (AvgIpc) is 2.96. The van der Waals surface area contributed by atoms with Gasteiger partial charge in [-0.25, -0.2) is 9.78 Å². The molecule has 1 aromatic carbocycles. The van der Waals surface area contributed by atoms with Gasteiger partial charge in [-0.05, 0) is 23.8 Å². The molecule has 0 N–H and O–H groups in total. The zero-order valence-electron chi connectivity index (χ0n) is 12.2. The Morgan fingerprint density at radius 2 is 2.26 bits per heavy atom. The topological polar surface area (TPSA) is 80.8 Å². The van der Waals surface area contributed by atoms with Crippen LogP contribution in [0.3, 0.4) is 0 Å². The van der Waals surface area contributed by atoms with Crippen molar-refractivity contribution in [3.63, 3.8) is 0 Å². The van der Waals surface area contributed by atoms with Gasteiger partial charge in [0.05, 0.1) is 17.6 Å². The predicted octanol–water partition coefficient (Wildman–Crippen LogP) is 2.79. The molecule has 0 aliphatic carbocycles. The SMILES string of the molecule is COC(=O)c1cn(Cc2ccc3ncc(Cl)cc3c2)c(C#N)n1. The van der Waals surface area contributed by atoms with Gasteiger partial charge in [-0.3, -0.25) is 4.98 Å². The lowest BCUT2D eigenvalue weighted by molar-refractivity contribution is 0.0594. The number of pyridine rings is 1. The number of imidazole rings is 1. The second-order valence-corrected chi connectivity index (χ2v) is 5.30. The first-order chi connectivity index (χ1) is 11.1. The summed E-state index contributed by atoms with van der Waals surface area (Å²) in [6.45, 7) is 0.398. The summed E-state index contributed by atoms with van der Waals surface area (Å²) in [5, 5.41) is 10.6. The zero-order chi connectivity index (χ0) is 16.4. The highest BCUT2D eigenvalue weighted by molar-refractivity contribution is 6.31. The largest absolute Gasteiger partial charge is 0.464 e. The minimum Gasteiger partial charge on any atom is -0.464 e. The molecule has 0 fully saturated rings. The standard InChI is InChI=1S/C16H11ClN4O2/c1-23-16(22)14-9-21(15(6-18)20-14)8-10-2-3-13-11(4-10)5-12(17)7-19-13/h2-5,7,9H,8H2,1H3. The first kappa shape index (κ1) is 15.0. The third kappa shape index (κ3) is 3.00. The Balaban J connectivity index is 1.97. The number of rotatable bonds is 3. The first-order valence-electron chi connectivity index (χ1n) is 6.70. The number of methoxy groups -OCH3 is 1. The van der Waals surface area contributed by atoms with E-state index in [0.717, 1.165) is 16.5 Å². The molecule has 0 spiro atoms. The predicted molar refractivity (Wildman–Crippen MR) is 84.1 cm³/mol. The van der Waals surface area contributed by atoms with Gasteiger partial charge in [0, 0.05) is 24.3 Å². The number of halogens is 1. The van der Waals surface area contributed by atoms with Crippen LogP contribution in [-0.4, -0.2) is 27.6 Å². The molecule has 0 saturated carbocycles. The second kappa shape index (κ2) is 6.07. The van der Waals surface area contributed by atoms with Crippen molar-refractivity contribution >= 4 is 28.5 Å². The fraction of sp³-hybridized carbons (Fsp3) is 0.125. The number of aromatic nitrogens is 3. The van der Waals surface area contributed by atoms with E-state index in [1.165, 1.54) is 13.3 Å². The highest BCUT2D eigenvalue weighted by Crippen LogP contribution is 2.19. The number of carbonyl (C=O) groups excluding carboxylic acids is 1. The monoisotopic (exact) mass is 326 g/mol. The Labute approximate surface area is 136 Å². The van der Waals surface area contributed by atoms with Gasteiger partial charge in [0.2, 0.25) is 5.82 Å². The minimum atomic E-state index is -0.574. The number of ether oxygens (including phenoxy) is 1. The highest BCUT2D eigenvalue weighted by atomic mass is 35.5. The Hall–Kier alpha value is -2.91. The van der Waals surface area contributed by atoms with Crippen LogP contribution in [0, 0.1) is 11.3 Å². The van der Waals surface area contributed by atoms with E-state index in [4.69, 9.17) is 16.9 Å². The molecule has 0 saturated heterocycles. The van der Waals surface area contributed by atoms with Crippen molar-refractivity contribution in [3.05, 3.63) is 58.8 Å². The van der Waals surface area contributed by atoms with Gasteiger partial charge in [-0.2, -0.15) is 5.26 Å². The molecule has 7 heteroatoms. The highest BCUT2D eigenvalue weighted by Gasteiger charge is 2.14. The van der Waals surface area contributed by atoms with Crippen LogP contribution in [0.1, 0.15) is 21.9 Å². The molecular formula is C16H11ClN4O2. The van der Waals surface area contributed by atoms with Gasteiger partial charge in [0.1, 0.15) is 6.07 Å². The third-order valence-corrected chi connectivity index (χ3v) is 3.54. The lowest BCUT2D eigenvalue weighted by Gasteiger charge is -2.05. The summed E-state index contributed by atoms with van der Waals surface area (Å²) in [7, 11) is 1.27. The lowest BCUT2D eigenvalue weighted by atomic mass is 10.1. The van der Waals surface area contributed by atoms with E-state index in [-0.39, 0.29) is 11.5 Å². The number of carbonyl (C=O) groups is 1. The van der Waals surface area contributed by atoms with E-state index < -0.39 is 5.97 Å². The molecule has 0 aliphatic rings. The molecule has 0 aliphatic heterocycles. The van der Waals surface area contributed by atoms with Gasteiger partial charge >= 0.3 is 5.97 Å². The minimum absolute atomic E-state index is 0.106. The maximum atomic E-state index is 11.5. The maximum absolute atomic E-state index is 11.5. The molecule has 0 unspecified atom stereocenters. The van der Waals surface area contributed by atoms with Gasteiger partial charge < -0.3 is 9.30 Å². The molecule has 23 heavy (non-hydrogen) atoms. The van der Waals surface area contributed by atoms with Crippen LogP contribution in [0.2, 0.25) is 5.02 Å². The molecule has 3 rings (SSSR count). The Kier molecular flexibility index (Phi) is 3.96. The fourth-order valence-electron chi connectivity index (χ4n) is 2.28. The normalized spacial score (nSPS) is 10.5. The van der Waals surface area contributed by atoms with E-state index >= 15 is 0 Å².